The van der Waals surface area contributed by atoms with Gasteiger partial charge in [0.2, 0.25) is 11.8 Å². The van der Waals surface area contributed by atoms with E-state index in [1.165, 1.54) is 4.68 Å². The number of rotatable bonds is 6. The minimum atomic E-state index is -0.442. The van der Waals surface area contributed by atoms with Crippen LogP contribution in [0.5, 0.6) is 0 Å². The van der Waals surface area contributed by atoms with E-state index in [1.54, 1.807) is 11.1 Å². The Hall–Kier alpha value is -3.69. The third-order valence-electron chi connectivity index (χ3n) is 6.76. The van der Waals surface area contributed by atoms with Crippen LogP contribution in [0, 0.1) is 5.92 Å². The number of nitrogens with zero attached hydrogens (tertiary/aromatic N) is 6. The normalized spacial score (nSPS) is 19.7. The van der Waals surface area contributed by atoms with Crippen LogP contribution in [0.3, 0.4) is 0 Å². The number of anilines is 3. The van der Waals surface area contributed by atoms with Crippen LogP contribution >= 0.6 is 0 Å². The van der Waals surface area contributed by atoms with Crippen LogP contribution < -0.4 is 20.9 Å². The van der Waals surface area contributed by atoms with Crippen molar-refractivity contribution in [1.82, 2.24) is 19.7 Å². The van der Waals surface area contributed by atoms with Gasteiger partial charge in [0.25, 0.3) is 5.91 Å². The van der Waals surface area contributed by atoms with Gasteiger partial charge in [-0.25, -0.2) is 9.78 Å². The molecule has 0 radical (unpaired) electrons. The van der Waals surface area contributed by atoms with Gasteiger partial charge in [0.05, 0.1) is 6.54 Å². The van der Waals surface area contributed by atoms with Crippen molar-refractivity contribution in [2.75, 3.05) is 34.8 Å². The molecule has 34 heavy (non-hydrogen) atoms. The zero-order chi connectivity index (χ0) is 23.2. The van der Waals surface area contributed by atoms with Crippen molar-refractivity contribution in [2.45, 2.75) is 45.2 Å². The zero-order valence-corrected chi connectivity index (χ0v) is 19.1. The van der Waals surface area contributed by atoms with E-state index in [0.717, 1.165) is 37.9 Å². The number of fused-ring (bicyclic) bond motifs is 3. The summed E-state index contributed by atoms with van der Waals surface area (Å²) in [6, 6.07) is 7.65. The highest BCUT2D eigenvalue weighted by Crippen LogP contribution is 2.35. The van der Waals surface area contributed by atoms with Crippen molar-refractivity contribution in [3.63, 3.8) is 0 Å². The van der Waals surface area contributed by atoms with Crippen molar-refractivity contribution in [1.29, 1.82) is 0 Å². The monoisotopic (exact) mass is 461 g/mol. The number of nitrogens with one attached hydrogen (secondary N) is 1. The summed E-state index contributed by atoms with van der Waals surface area (Å²) in [5.41, 5.74) is 1.90. The van der Waals surface area contributed by atoms with Gasteiger partial charge in [0, 0.05) is 43.1 Å². The lowest BCUT2D eigenvalue weighted by Gasteiger charge is -2.27. The van der Waals surface area contributed by atoms with E-state index >= 15 is 0 Å². The van der Waals surface area contributed by atoms with E-state index in [1.807, 2.05) is 31.2 Å². The number of amides is 1. The van der Waals surface area contributed by atoms with Gasteiger partial charge in [-0.3, -0.25) is 4.79 Å². The number of hydrogen-bond donors (Lipinski definition) is 1. The lowest BCUT2D eigenvalue weighted by molar-refractivity contribution is 0.0988. The third kappa shape index (κ3) is 3.72. The standard InChI is InChI=1S/C24H27N7O3/c1-2-25-23-26-12-19-20(27-23)29-10-4-7-18(29)14-30(22(19)32)17-6-3-5-16(11-17)21-28-31(24(33)34-21)13-15-8-9-15/h3,5-6,11-12,15,18H,2,4,7-10,13-14H2,1H3,(H,25,26,27)/t18-/m0/s1. The highest BCUT2D eigenvalue weighted by atomic mass is 16.4. The molecule has 176 valence electrons. The molecule has 1 atom stereocenters. The summed E-state index contributed by atoms with van der Waals surface area (Å²) in [5, 5.41) is 7.54. The van der Waals surface area contributed by atoms with E-state index in [2.05, 4.69) is 25.3 Å². The molecule has 2 fully saturated rings. The van der Waals surface area contributed by atoms with E-state index < -0.39 is 5.76 Å². The average molecular weight is 462 g/mol. The van der Waals surface area contributed by atoms with Crippen molar-refractivity contribution >= 4 is 23.4 Å². The molecule has 1 saturated heterocycles. The summed E-state index contributed by atoms with van der Waals surface area (Å²) >= 11 is 0. The Bertz CT molecular complexity index is 1300. The lowest BCUT2D eigenvalue weighted by Crippen LogP contribution is -2.39. The number of carbonyl (C=O) groups is 1. The average Bonchev–Trinajstić information content (AvgIpc) is 3.44. The van der Waals surface area contributed by atoms with Crippen LogP contribution in [0.4, 0.5) is 17.5 Å². The molecule has 10 nitrogen and oxygen atoms in total. The largest absolute Gasteiger partial charge is 0.437 e. The first-order valence-corrected chi connectivity index (χ1v) is 12.0. The number of benzene rings is 1. The van der Waals surface area contributed by atoms with Gasteiger partial charge < -0.3 is 19.5 Å². The number of carbonyl (C=O) groups excluding carboxylic acids is 1. The predicted octanol–water partition coefficient (Wildman–Crippen LogP) is 2.76. The Kier molecular flexibility index (Phi) is 5.08. The molecule has 2 aromatic heterocycles. The summed E-state index contributed by atoms with van der Waals surface area (Å²) < 4.78 is 6.85. The van der Waals surface area contributed by atoms with Crippen molar-refractivity contribution < 1.29 is 9.21 Å². The molecule has 6 rings (SSSR count). The Morgan fingerprint density at radius 3 is 2.91 bits per heavy atom. The van der Waals surface area contributed by atoms with E-state index in [0.29, 0.717) is 48.4 Å². The first-order chi connectivity index (χ1) is 16.6. The fourth-order valence-corrected chi connectivity index (χ4v) is 4.84. The molecule has 1 N–H and O–H groups in total. The van der Waals surface area contributed by atoms with Crippen LogP contribution in [0.15, 0.2) is 39.7 Å². The van der Waals surface area contributed by atoms with Crippen molar-refractivity contribution in [2.24, 2.45) is 5.92 Å². The summed E-state index contributed by atoms with van der Waals surface area (Å²) in [6.07, 6.45) is 5.92. The molecule has 1 amide bonds. The molecule has 1 aromatic carbocycles. The van der Waals surface area contributed by atoms with Gasteiger partial charge >= 0.3 is 5.76 Å². The third-order valence-corrected chi connectivity index (χ3v) is 6.76. The molecule has 1 aliphatic carbocycles. The summed E-state index contributed by atoms with van der Waals surface area (Å²) in [5.74, 6) is 1.44. The summed E-state index contributed by atoms with van der Waals surface area (Å²) in [6.45, 7) is 4.71. The number of aromatic nitrogens is 4. The highest BCUT2D eigenvalue weighted by Gasteiger charge is 2.37. The topological polar surface area (TPSA) is 109 Å². The Balaban J connectivity index is 1.36. The SMILES string of the molecule is CCNc1ncc2c(n1)N1CCC[C@H]1CN(c1cccc(-c3nn(CC4CC4)c(=O)o3)c1)C2=O. The van der Waals surface area contributed by atoms with Crippen molar-refractivity contribution in [3.8, 4) is 11.5 Å². The van der Waals surface area contributed by atoms with Gasteiger partial charge in [0.1, 0.15) is 11.4 Å². The molecular weight excluding hydrogens is 434 g/mol. The molecule has 4 heterocycles. The quantitative estimate of drug-likeness (QED) is 0.597. The number of hydrogen-bond acceptors (Lipinski definition) is 8. The zero-order valence-electron chi connectivity index (χ0n) is 19.1. The van der Waals surface area contributed by atoms with E-state index in [4.69, 9.17) is 4.42 Å². The molecule has 0 spiro atoms. The Morgan fingerprint density at radius 1 is 1.21 bits per heavy atom. The van der Waals surface area contributed by atoms with Crippen LogP contribution in [0.1, 0.15) is 43.0 Å². The molecule has 10 heteroatoms. The predicted molar refractivity (Wildman–Crippen MR) is 127 cm³/mol. The smallest absolute Gasteiger partial charge is 0.388 e. The van der Waals surface area contributed by atoms with Crippen LogP contribution in [0.2, 0.25) is 0 Å². The van der Waals surface area contributed by atoms with Gasteiger partial charge in [-0.05, 0) is 56.7 Å². The first-order valence-electron chi connectivity index (χ1n) is 12.0. The summed E-state index contributed by atoms with van der Waals surface area (Å²) in [4.78, 5) is 39.0. The van der Waals surface area contributed by atoms with Gasteiger partial charge in [-0.1, -0.05) is 6.07 Å². The fourth-order valence-electron chi connectivity index (χ4n) is 4.84. The molecule has 3 aliphatic rings. The Labute approximate surface area is 196 Å². The Morgan fingerprint density at radius 2 is 2.09 bits per heavy atom. The van der Waals surface area contributed by atoms with Crippen LogP contribution in [-0.4, -0.2) is 51.3 Å². The maximum atomic E-state index is 13.7. The minimum absolute atomic E-state index is 0.134. The first kappa shape index (κ1) is 20.9. The second-order valence-corrected chi connectivity index (χ2v) is 9.22. The minimum Gasteiger partial charge on any atom is -0.388 e. The maximum Gasteiger partial charge on any atom is 0.437 e. The molecular formula is C24H27N7O3. The van der Waals surface area contributed by atoms with Gasteiger partial charge in [-0.2, -0.15) is 9.67 Å². The van der Waals surface area contributed by atoms with Crippen LogP contribution in [-0.2, 0) is 6.54 Å². The molecule has 1 saturated carbocycles. The van der Waals surface area contributed by atoms with Crippen LogP contribution in [0.25, 0.3) is 11.5 Å². The lowest BCUT2D eigenvalue weighted by atomic mass is 10.1. The van der Waals surface area contributed by atoms with E-state index in [-0.39, 0.29) is 17.8 Å². The van der Waals surface area contributed by atoms with Gasteiger partial charge in [-0.15, -0.1) is 5.10 Å². The highest BCUT2D eigenvalue weighted by molar-refractivity contribution is 6.10. The fraction of sp³-hybridized carbons (Fsp3) is 0.458. The van der Waals surface area contributed by atoms with Crippen molar-refractivity contribution in [3.05, 3.63) is 46.6 Å². The molecule has 0 unspecified atom stereocenters. The second-order valence-electron chi connectivity index (χ2n) is 9.22. The molecule has 0 bridgehead atoms. The molecule has 2 aliphatic heterocycles. The molecule has 3 aromatic rings. The van der Waals surface area contributed by atoms with E-state index in [9.17, 15) is 9.59 Å². The second kappa shape index (κ2) is 8.27. The summed E-state index contributed by atoms with van der Waals surface area (Å²) in [7, 11) is 0. The van der Waals surface area contributed by atoms with Gasteiger partial charge in [0.15, 0.2) is 0 Å². The maximum absolute atomic E-state index is 13.7.